The highest BCUT2D eigenvalue weighted by atomic mass is 19.1. The Kier molecular flexibility index (Phi) is 4.38. The van der Waals surface area contributed by atoms with Crippen LogP contribution in [0.1, 0.15) is 32.1 Å². The van der Waals surface area contributed by atoms with Crippen LogP contribution in [0.2, 0.25) is 0 Å². The van der Waals surface area contributed by atoms with E-state index in [-0.39, 0.29) is 5.82 Å². The molecule has 0 amide bonds. The lowest BCUT2D eigenvalue weighted by molar-refractivity contribution is 0.369. The van der Waals surface area contributed by atoms with Crippen LogP contribution >= 0.6 is 0 Å². The quantitative estimate of drug-likeness (QED) is 0.808. The molecule has 1 saturated carbocycles. The van der Waals surface area contributed by atoms with Gasteiger partial charge in [-0.05, 0) is 37.1 Å². The van der Waals surface area contributed by atoms with Crippen LogP contribution in [-0.2, 0) is 0 Å². The van der Waals surface area contributed by atoms with Gasteiger partial charge in [0.05, 0.1) is 6.54 Å². The third-order valence-corrected chi connectivity index (χ3v) is 4.04. The first-order chi connectivity index (χ1) is 10.8. The fourth-order valence-electron chi connectivity index (χ4n) is 2.89. The van der Waals surface area contributed by atoms with Gasteiger partial charge in [0.1, 0.15) is 5.82 Å². The van der Waals surface area contributed by atoms with E-state index < -0.39 is 0 Å². The van der Waals surface area contributed by atoms with E-state index in [9.17, 15) is 4.39 Å². The van der Waals surface area contributed by atoms with Crippen LogP contribution < -0.4 is 4.90 Å². The molecule has 5 heteroatoms. The molecule has 0 N–H and O–H groups in total. The molecular weight excluding hydrogens is 281 g/mol. The lowest BCUT2D eigenvalue weighted by Gasteiger charge is -2.31. The molecule has 4 nitrogen and oxygen atoms in total. The van der Waals surface area contributed by atoms with E-state index >= 15 is 0 Å². The number of terminal acetylenes is 1. The smallest absolute Gasteiger partial charge is 0.315 e. The molecular formula is C17H18FN3O. The maximum Gasteiger partial charge on any atom is 0.325 e. The van der Waals surface area contributed by atoms with Crippen molar-refractivity contribution in [2.24, 2.45) is 0 Å². The second-order valence-electron chi connectivity index (χ2n) is 5.53. The summed E-state index contributed by atoms with van der Waals surface area (Å²) in [6, 6.07) is 6.83. The van der Waals surface area contributed by atoms with Crippen LogP contribution in [0.3, 0.4) is 0 Å². The molecule has 0 saturated heterocycles. The van der Waals surface area contributed by atoms with Crippen LogP contribution in [0, 0.1) is 18.2 Å². The van der Waals surface area contributed by atoms with E-state index in [2.05, 4.69) is 16.1 Å². The number of hydrogen-bond acceptors (Lipinski definition) is 4. The molecule has 0 aliphatic heterocycles. The standard InChI is InChI=1S/C17H18FN3O/c1-2-12-21(15-6-4-3-5-7-15)17-19-16(20-22-17)13-8-10-14(18)11-9-13/h1,8-11,15H,3-7,12H2. The molecule has 1 heterocycles. The fraction of sp³-hybridized carbons (Fsp3) is 0.412. The molecule has 0 radical (unpaired) electrons. The second kappa shape index (κ2) is 6.61. The number of hydrogen-bond donors (Lipinski definition) is 0. The molecule has 22 heavy (non-hydrogen) atoms. The van der Waals surface area contributed by atoms with Gasteiger partial charge in [0.2, 0.25) is 5.82 Å². The molecule has 0 atom stereocenters. The molecule has 114 valence electrons. The van der Waals surface area contributed by atoms with Crippen molar-refractivity contribution in [3.05, 3.63) is 30.1 Å². The zero-order valence-electron chi connectivity index (χ0n) is 12.3. The Labute approximate surface area is 129 Å². The third kappa shape index (κ3) is 3.11. The van der Waals surface area contributed by atoms with E-state index in [1.165, 1.54) is 31.4 Å². The molecule has 3 rings (SSSR count). The Morgan fingerprint density at radius 2 is 1.95 bits per heavy atom. The fourth-order valence-corrected chi connectivity index (χ4v) is 2.89. The van der Waals surface area contributed by atoms with Crippen molar-refractivity contribution in [1.82, 2.24) is 10.1 Å². The van der Waals surface area contributed by atoms with Gasteiger partial charge in [0.15, 0.2) is 0 Å². The van der Waals surface area contributed by atoms with E-state index in [1.807, 2.05) is 4.90 Å². The molecule has 0 spiro atoms. The monoisotopic (exact) mass is 299 g/mol. The zero-order chi connectivity index (χ0) is 15.4. The number of benzene rings is 1. The van der Waals surface area contributed by atoms with Crippen molar-refractivity contribution in [1.29, 1.82) is 0 Å². The van der Waals surface area contributed by atoms with Crippen LogP contribution in [0.4, 0.5) is 10.4 Å². The lowest BCUT2D eigenvalue weighted by atomic mass is 9.94. The first kappa shape index (κ1) is 14.6. The normalized spacial score (nSPS) is 15.5. The molecule has 0 bridgehead atoms. The predicted octanol–water partition coefficient (Wildman–Crippen LogP) is 3.65. The number of halogens is 1. The number of rotatable bonds is 4. The van der Waals surface area contributed by atoms with E-state index in [4.69, 9.17) is 10.9 Å². The van der Waals surface area contributed by atoms with Gasteiger partial charge in [-0.3, -0.25) is 0 Å². The third-order valence-electron chi connectivity index (χ3n) is 4.04. The predicted molar refractivity (Wildman–Crippen MR) is 82.7 cm³/mol. The van der Waals surface area contributed by atoms with Gasteiger partial charge < -0.3 is 9.42 Å². The van der Waals surface area contributed by atoms with Gasteiger partial charge in [-0.25, -0.2) is 4.39 Å². The van der Waals surface area contributed by atoms with Crippen molar-refractivity contribution < 1.29 is 8.91 Å². The minimum atomic E-state index is -0.288. The Morgan fingerprint density at radius 1 is 1.23 bits per heavy atom. The highest BCUT2D eigenvalue weighted by molar-refractivity contribution is 5.55. The molecule has 1 aromatic carbocycles. The van der Waals surface area contributed by atoms with E-state index in [1.54, 1.807) is 12.1 Å². The van der Waals surface area contributed by atoms with Gasteiger partial charge in [-0.15, -0.1) is 6.42 Å². The molecule has 1 aliphatic rings. The largest absolute Gasteiger partial charge is 0.325 e. The minimum Gasteiger partial charge on any atom is -0.315 e. The van der Waals surface area contributed by atoms with Crippen LogP contribution in [0.5, 0.6) is 0 Å². The average molecular weight is 299 g/mol. The maximum absolute atomic E-state index is 13.0. The van der Waals surface area contributed by atoms with Crippen molar-refractivity contribution in [3.63, 3.8) is 0 Å². The zero-order valence-corrected chi connectivity index (χ0v) is 12.3. The lowest BCUT2D eigenvalue weighted by Crippen LogP contribution is -2.37. The summed E-state index contributed by atoms with van der Waals surface area (Å²) in [4.78, 5) is 6.45. The summed E-state index contributed by atoms with van der Waals surface area (Å²) < 4.78 is 18.4. The summed E-state index contributed by atoms with van der Waals surface area (Å²) in [6.45, 7) is 0.454. The number of anilines is 1. The summed E-state index contributed by atoms with van der Waals surface area (Å²) in [7, 11) is 0. The maximum atomic E-state index is 13.0. The van der Waals surface area contributed by atoms with E-state index in [0.29, 0.717) is 24.4 Å². The molecule has 2 aromatic rings. The highest BCUT2D eigenvalue weighted by Gasteiger charge is 2.25. The van der Waals surface area contributed by atoms with Gasteiger partial charge in [0.25, 0.3) is 0 Å². The summed E-state index contributed by atoms with van der Waals surface area (Å²) in [6.07, 6.45) is 11.3. The van der Waals surface area contributed by atoms with Crippen LogP contribution in [0.15, 0.2) is 28.8 Å². The van der Waals surface area contributed by atoms with Crippen molar-refractivity contribution in [3.8, 4) is 23.7 Å². The first-order valence-electron chi connectivity index (χ1n) is 7.57. The molecule has 1 aromatic heterocycles. The number of nitrogens with zero attached hydrogens (tertiary/aromatic N) is 3. The highest BCUT2D eigenvalue weighted by Crippen LogP contribution is 2.27. The van der Waals surface area contributed by atoms with Gasteiger partial charge in [0, 0.05) is 11.6 Å². The average Bonchev–Trinajstić information content (AvgIpc) is 3.04. The first-order valence-corrected chi connectivity index (χ1v) is 7.57. The Balaban J connectivity index is 1.83. The number of aromatic nitrogens is 2. The summed E-state index contributed by atoms with van der Waals surface area (Å²) >= 11 is 0. The van der Waals surface area contributed by atoms with Crippen LogP contribution in [-0.4, -0.2) is 22.7 Å². The van der Waals surface area contributed by atoms with Gasteiger partial charge in [-0.1, -0.05) is 30.3 Å². The van der Waals surface area contributed by atoms with Crippen molar-refractivity contribution >= 4 is 6.01 Å². The molecule has 0 unspecified atom stereocenters. The molecule has 1 aliphatic carbocycles. The summed E-state index contributed by atoms with van der Waals surface area (Å²) in [5, 5.41) is 4.00. The SMILES string of the molecule is C#CCN(c1nc(-c2ccc(F)cc2)no1)C1CCCCC1. The second-order valence-corrected chi connectivity index (χ2v) is 5.53. The van der Waals surface area contributed by atoms with E-state index in [0.717, 1.165) is 18.4 Å². The Bertz CT molecular complexity index is 653. The van der Waals surface area contributed by atoms with Gasteiger partial charge >= 0.3 is 6.01 Å². The van der Waals surface area contributed by atoms with Crippen LogP contribution in [0.25, 0.3) is 11.4 Å². The Morgan fingerprint density at radius 3 is 2.64 bits per heavy atom. The topological polar surface area (TPSA) is 42.2 Å². The molecule has 1 fully saturated rings. The Hall–Kier alpha value is -2.35. The van der Waals surface area contributed by atoms with Crippen molar-refractivity contribution in [2.45, 2.75) is 38.1 Å². The minimum absolute atomic E-state index is 0.288. The van der Waals surface area contributed by atoms with Gasteiger partial charge in [-0.2, -0.15) is 4.98 Å². The van der Waals surface area contributed by atoms with Crippen molar-refractivity contribution in [2.75, 3.05) is 11.4 Å². The summed E-state index contributed by atoms with van der Waals surface area (Å²) in [5.41, 5.74) is 0.723. The summed E-state index contributed by atoms with van der Waals surface area (Å²) in [5.74, 6) is 2.83.